The SMILES string of the molecule is OC[C@H]1O[C@@H](n2ccc3ncsc3c2=S)CC1O. The molecule has 0 spiro atoms. The molecule has 2 aromatic rings. The van der Waals surface area contributed by atoms with Crippen molar-refractivity contribution in [1.82, 2.24) is 9.55 Å². The lowest BCUT2D eigenvalue weighted by Crippen LogP contribution is -2.24. The van der Waals surface area contributed by atoms with E-state index in [1.165, 1.54) is 11.3 Å². The fraction of sp³-hybridized carbons (Fsp3) is 0.455. The van der Waals surface area contributed by atoms with E-state index in [0.717, 1.165) is 10.2 Å². The van der Waals surface area contributed by atoms with Crippen LogP contribution in [0.5, 0.6) is 0 Å². The number of rotatable bonds is 2. The summed E-state index contributed by atoms with van der Waals surface area (Å²) >= 11 is 6.90. The third kappa shape index (κ3) is 1.88. The van der Waals surface area contributed by atoms with Gasteiger partial charge in [0.05, 0.1) is 28.4 Å². The van der Waals surface area contributed by atoms with Gasteiger partial charge in [-0.1, -0.05) is 12.2 Å². The largest absolute Gasteiger partial charge is 0.394 e. The van der Waals surface area contributed by atoms with Crippen molar-refractivity contribution in [1.29, 1.82) is 0 Å². The number of aromatic nitrogens is 2. The molecule has 0 aliphatic carbocycles. The molecule has 0 radical (unpaired) electrons. The maximum atomic E-state index is 9.74. The Morgan fingerprint density at radius 3 is 3.17 bits per heavy atom. The second-order valence-electron chi connectivity index (χ2n) is 4.21. The van der Waals surface area contributed by atoms with Gasteiger partial charge in [-0.3, -0.25) is 0 Å². The van der Waals surface area contributed by atoms with Crippen LogP contribution in [0.2, 0.25) is 0 Å². The smallest absolute Gasteiger partial charge is 0.137 e. The van der Waals surface area contributed by atoms with Crippen molar-refractivity contribution in [2.75, 3.05) is 6.61 Å². The van der Waals surface area contributed by atoms with Crippen molar-refractivity contribution >= 4 is 33.8 Å². The molecule has 18 heavy (non-hydrogen) atoms. The quantitative estimate of drug-likeness (QED) is 0.817. The zero-order valence-electron chi connectivity index (χ0n) is 9.39. The van der Waals surface area contributed by atoms with Crippen LogP contribution in [-0.4, -0.2) is 38.6 Å². The molecule has 0 amide bonds. The Morgan fingerprint density at radius 1 is 1.61 bits per heavy atom. The Balaban J connectivity index is 2.00. The topological polar surface area (TPSA) is 67.5 Å². The summed E-state index contributed by atoms with van der Waals surface area (Å²) in [6.45, 7) is -0.187. The molecule has 1 fully saturated rings. The molecule has 1 unspecified atom stereocenters. The van der Waals surface area contributed by atoms with Crippen LogP contribution < -0.4 is 0 Å². The number of aliphatic hydroxyl groups is 2. The minimum atomic E-state index is -0.654. The number of ether oxygens (including phenoxy) is 1. The number of fused-ring (bicyclic) bond motifs is 1. The molecule has 7 heteroatoms. The Morgan fingerprint density at radius 2 is 2.44 bits per heavy atom. The molecule has 96 valence electrons. The molecule has 1 saturated heterocycles. The monoisotopic (exact) mass is 284 g/mol. The first-order valence-electron chi connectivity index (χ1n) is 5.59. The standard InChI is InChI=1S/C11H12N2O3S2/c14-4-8-7(15)3-9(16-8)13-2-1-6-10(11(13)17)18-5-12-6/h1-2,5,7-9,14-15H,3-4H2/t7?,8-,9-/m1/s1. The molecule has 3 rings (SSSR count). The van der Waals surface area contributed by atoms with Crippen LogP contribution in [0.15, 0.2) is 17.8 Å². The van der Waals surface area contributed by atoms with Crippen molar-refractivity contribution in [2.24, 2.45) is 0 Å². The fourth-order valence-electron chi connectivity index (χ4n) is 2.15. The Hall–Kier alpha value is -0.860. The summed E-state index contributed by atoms with van der Waals surface area (Å²) in [7, 11) is 0. The first-order chi connectivity index (χ1) is 8.70. The van der Waals surface area contributed by atoms with Gasteiger partial charge in [0.1, 0.15) is 17.0 Å². The fourth-order valence-corrected chi connectivity index (χ4v) is 3.29. The van der Waals surface area contributed by atoms with E-state index in [-0.39, 0.29) is 12.8 Å². The summed E-state index contributed by atoms with van der Waals surface area (Å²) in [6.07, 6.45) is 0.745. The van der Waals surface area contributed by atoms with Gasteiger partial charge < -0.3 is 19.5 Å². The maximum Gasteiger partial charge on any atom is 0.137 e. The highest BCUT2D eigenvalue weighted by Gasteiger charge is 2.34. The number of hydrogen-bond donors (Lipinski definition) is 2. The van der Waals surface area contributed by atoms with Crippen molar-refractivity contribution in [3.05, 3.63) is 22.4 Å². The molecular weight excluding hydrogens is 272 g/mol. The van der Waals surface area contributed by atoms with E-state index in [1.807, 2.05) is 16.8 Å². The van der Waals surface area contributed by atoms with Crippen LogP contribution in [0.1, 0.15) is 12.6 Å². The van der Waals surface area contributed by atoms with Crippen molar-refractivity contribution < 1.29 is 14.9 Å². The maximum absolute atomic E-state index is 9.74. The predicted molar refractivity (Wildman–Crippen MR) is 70.1 cm³/mol. The summed E-state index contributed by atoms with van der Waals surface area (Å²) in [5, 5.41) is 18.8. The number of nitrogens with zero attached hydrogens (tertiary/aromatic N) is 2. The van der Waals surface area contributed by atoms with E-state index in [4.69, 9.17) is 22.1 Å². The van der Waals surface area contributed by atoms with E-state index in [1.54, 1.807) is 5.51 Å². The van der Waals surface area contributed by atoms with E-state index in [0.29, 0.717) is 11.1 Å². The first-order valence-corrected chi connectivity index (χ1v) is 6.88. The highest BCUT2D eigenvalue weighted by atomic mass is 32.1. The van der Waals surface area contributed by atoms with Gasteiger partial charge in [0.2, 0.25) is 0 Å². The third-order valence-corrected chi connectivity index (χ3v) is 4.50. The van der Waals surface area contributed by atoms with Crippen molar-refractivity contribution in [3.63, 3.8) is 0 Å². The van der Waals surface area contributed by atoms with Gasteiger partial charge in [-0.15, -0.1) is 11.3 Å². The molecule has 3 heterocycles. The summed E-state index contributed by atoms with van der Waals surface area (Å²) in [6, 6.07) is 1.88. The zero-order valence-corrected chi connectivity index (χ0v) is 11.0. The van der Waals surface area contributed by atoms with Crippen LogP contribution in [0, 0.1) is 4.64 Å². The predicted octanol–water partition coefficient (Wildman–Crippen LogP) is 1.47. The lowest BCUT2D eigenvalue weighted by molar-refractivity contribution is -0.0447. The number of pyridine rings is 1. The van der Waals surface area contributed by atoms with Gasteiger partial charge in [0.15, 0.2) is 0 Å². The minimum Gasteiger partial charge on any atom is -0.394 e. The summed E-state index contributed by atoms with van der Waals surface area (Å²) < 4.78 is 9.01. The molecule has 0 bridgehead atoms. The van der Waals surface area contributed by atoms with Crippen LogP contribution in [0.3, 0.4) is 0 Å². The highest BCUT2D eigenvalue weighted by Crippen LogP contribution is 2.30. The summed E-state index contributed by atoms with van der Waals surface area (Å²) in [4.78, 5) is 4.20. The summed E-state index contributed by atoms with van der Waals surface area (Å²) in [5.74, 6) is 0. The van der Waals surface area contributed by atoms with Gasteiger partial charge >= 0.3 is 0 Å². The molecule has 1 aliphatic rings. The molecule has 0 aromatic carbocycles. The van der Waals surface area contributed by atoms with Crippen molar-refractivity contribution in [2.45, 2.75) is 24.9 Å². The average molecular weight is 284 g/mol. The van der Waals surface area contributed by atoms with E-state index < -0.39 is 12.2 Å². The lowest BCUT2D eigenvalue weighted by atomic mass is 10.2. The molecular formula is C11H12N2O3S2. The Kier molecular flexibility index (Phi) is 3.16. The molecule has 5 nitrogen and oxygen atoms in total. The lowest BCUT2D eigenvalue weighted by Gasteiger charge is -2.15. The van der Waals surface area contributed by atoms with Gasteiger partial charge in [-0.25, -0.2) is 4.98 Å². The van der Waals surface area contributed by atoms with Crippen LogP contribution in [0.4, 0.5) is 0 Å². The number of thiazole rings is 1. The Labute approximate surface area is 112 Å². The number of hydrogen-bond acceptors (Lipinski definition) is 6. The van der Waals surface area contributed by atoms with Gasteiger partial charge in [-0.2, -0.15) is 0 Å². The third-order valence-electron chi connectivity index (χ3n) is 3.11. The molecule has 2 aromatic heterocycles. The number of aliphatic hydroxyl groups excluding tert-OH is 2. The summed E-state index contributed by atoms with van der Waals surface area (Å²) in [5.41, 5.74) is 2.63. The molecule has 0 saturated carbocycles. The highest BCUT2D eigenvalue weighted by molar-refractivity contribution is 7.71. The Bertz CT molecular complexity index is 624. The van der Waals surface area contributed by atoms with Crippen LogP contribution in [0.25, 0.3) is 10.2 Å². The van der Waals surface area contributed by atoms with E-state index in [2.05, 4.69) is 4.98 Å². The molecule has 3 atom stereocenters. The second kappa shape index (κ2) is 4.67. The molecule has 2 N–H and O–H groups in total. The average Bonchev–Trinajstić information content (AvgIpc) is 2.96. The van der Waals surface area contributed by atoms with Crippen LogP contribution >= 0.6 is 23.6 Å². The zero-order chi connectivity index (χ0) is 12.7. The van der Waals surface area contributed by atoms with Crippen molar-refractivity contribution in [3.8, 4) is 0 Å². The first kappa shape index (κ1) is 12.2. The van der Waals surface area contributed by atoms with Gasteiger partial charge in [-0.05, 0) is 6.07 Å². The molecule has 1 aliphatic heterocycles. The van der Waals surface area contributed by atoms with E-state index in [9.17, 15) is 5.11 Å². The van der Waals surface area contributed by atoms with E-state index >= 15 is 0 Å². The minimum absolute atomic E-state index is 0.187. The second-order valence-corrected chi connectivity index (χ2v) is 5.45. The van der Waals surface area contributed by atoms with Gasteiger partial charge in [0.25, 0.3) is 0 Å². The van der Waals surface area contributed by atoms with Gasteiger partial charge in [0, 0.05) is 12.6 Å². The normalized spacial score (nSPS) is 28.0. The van der Waals surface area contributed by atoms with Crippen LogP contribution in [-0.2, 0) is 4.74 Å².